The van der Waals surface area contributed by atoms with E-state index in [1.54, 1.807) is 0 Å². The Morgan fingerprint density at radius 1 is 1.00 bits per heavy atom. The molecule has 112 valence electrons. The van der Waals surface area contributed by atoms with Crippen molar-refractivity contribution in [2.75, 3.05) is 6.61 Å². The van der Waals surface area contributed by atoms with Crippen molar-refractivity contribution < 1.29 is 5.11 Å². The maximum Gasteiger partial charge on any atom is 0.0562 e. The Morgan fingerprint density at radius 2 is 1.60 bits per heavy atom. The van der Waals surface area contributed by atoms with Gasteiger partial charge in [-0.1, -0.05) is 88.3 Å². The SMILES string of the molecule is C=CC(CO)(CCCCCCCCC)c1ccccc1. The van der Waals surface area contributed by atoms with E-state index >= 15 is 0 Å². The Morgan fingerprint density at radius 3 is 2.15 bits per heavy atom. The second-order valence-electron chi connectivity index (χ2n) is 5.76. The van der Waals surface area contributed by atoms with E-state index in [1.807, 2.05) is 24.3 Å². The van der Waals surface area contributed by atoms with Gasteiger partial charge in [0.1, 0.15) is 0 Å². The van der Waals surface area contributed by atoms with Gasteiger partial charge in [0, 0.05) is 5.41 Å². The third-order valence-corrected chi connectivity index (χ3v) is 4.25. The minimum atomic E-state index is -0.259. The molecule has 1 heteroatoms. The summed E-state index contributed by atoms with van der Waals surface area (Å²) in [6.07, 6.45) is 12.0. The summed E-state index contributed by atoms with van der Waals surface area (Å²) >= 11 is 0. The zero-order valence-corrected chi connectivity index (χ0v) is 13.0. The summed E-state index contributed by atoms with van der Waals surface area (Å²) in [4.78, 5) is 0. The van der Waals surface area contributed by atoms with Crippen LogP contribution in [0.15, 0.2) is 43.0 Å². The molecule has 1 atom stereocenters. The summed E-state index contributed by atoms with van der Waals surface area (Å²) < 4.78 is 0. The molecule has 0 aliphatic rings. The van der Waals surface area contributed by atoms with Crippen molar-refractivity contribution in [3.05, 3.63) is 48.6 Å². The molecule has 0 amide bonds. The molecule has 0 bridgehead atoms. The van der Waals surface area contributed by atoms with Crippen LogP contribution in [0.25, 0.3) is 0 Å². The van der Waals surface area contributed by atoms with E-state index in [1.165, 1.54) is 44.1 Å². The average Bonchev–Trinajstić information content (AvgIpc) is 2.52. The normalized spacial score (nSPS) is 13.9. The van der Waals surface area contributed by atoms with Gasteiger partial charge in [-0.3, -0.25) is 0 Å². The van der Waals surface area contributed by atoms with Gasteiger partial charge in [0.25, 0.3) is 0 Å². The smallest absolute Gasteiger partial charge is 0.0562 e. The number of unbranched alkanes of at least 4 members (excludes halogenated alkanes) is 6. The van der Waals surface area contributed by atoms with Crippen LogP contribution in [0.4, 0.5) is 0 Å². The second kappa shape index (κ2) is 9.77. The first-order valence-electron chi connectivity index (χ1n) is 8.09. The lowest BCUT2D eigenvalue weighted by atomic mass is 9.77. The van der Waals surface area contributed by atoms with Crippen LogP contribution in [0.3, 0.4) is 0 Å². The molecule has 0 saturated heterocycles. The summed E-state index contributed by atoms with van der Waals surface area (Å²) in [5.74, 6) is 0. The van der Waals surface area contributed by atoms with Gasteiger partial charge in [-0.05, 0) is 12.0 Å². The van der Waals surface area contributed by atoms with Gasteiger partial charge in [-0.2, -0.15) is 0 Å². The standard InChI is InChI=1S/C19H30O/c1-3-5-6-7-8-9-13-16-19(4-2,17-20)18-14-11-10-12-15-18/h4,10-12,14-15,20H,2-3,5-9,13,16-17H2,1H3. The number of aliphatic hydroxyl groups excluding tert-OH is 1. The van der Waals surface area contributed by atoms with E-state index in [0.29, 0.717) is 0 Å². The lowest BCUT2D eigenvalue weighted by Gasteiger charge is -2.29. The van der Waals surface area contributed by atoms with E-state index in [-0.39, 0.29) is 12.0 Å². The number of hydrogen-bond acceptors (Lipinski definition) is 1. The molecule has 0 spiro atoms. The Balaban J connectivity index is 2.42. The zero-order valence-electron chi connectivity index (χ0n) is 13.0. The summed E-state index contributed by atoms with van der Waals surface area (Å²) in [6.45, 7) is 6.36. The van der Waals surface area contributed by atoms with Crippen LogP contribution in [-0.2, 0) is 5.41 Å². The van der Waals surface area contributed by atoms with Crippen molar-refractivity contribution in [3.63, 3.8) is 0 Å². The molecule has 20 heavy (non-hydrogen) atoms. The van der Waals surface area contributed by atoms with Crippen molar-refractivity contribution in [2.45, 2.75) is 63.7 Å². The van der Waals surface area contributed by atoms with Crippen LogP contribution in [0.1, 0.15) is 63.9 Å². The summed E-state index contributed by atoms with van der Waals surface area (Å²) in [6, 6.07) is 10.3. The predicted molar refractivity (Wildman–Crippen MR) is 88.0 cm³/mol. The van der Waals surface area contributed by atoms with Gasteiger partial charge in [-0.15, -0.1) is 6.58 Å². The van der Waals surface area contributed by atoms with Crippen LogP contribution in [-0.4, -0.2) is 11.7 Å². The lowest BCUT2D eigenvalue weighted by Crippen LogP contribution is -2.27. The van der Waals surface area contributed by atoms with Crippen molar-refractivity contribution in [1.82, 2.24) is 0 Å². The maximum atomic E-state index is 9.83. The highest BCUT2D eigenvalue weighted by Gasteiger charge is 2.27. The Kier molecular flexibility index (Phi) is 8.29. The number of hydrogen-bond donors (Lipinski definition) is 1. The number of benzene rings is 1. The highest BCUT2D eigenvalue weighted by molar-refractivity contribution is 5.30. The number of aliphatic hydroxyl groups is 1. The molecule has 1 N–H and O–H groups in total. The van der Waals surface area contributed by atoms with Crippen LogP contribution in [0, 0.1) is 0 Å². The molecule has 0 aliphatic carbocycles. The van der Waals surface area contributed by atoms with Gasteiger partial charge in [0.2, 0.25) is 0 Å². The van der Waals surface area contributed by atoms with Crippen molar-refractivity contribution in [1.29, 1.82) is 0 Å². The average molecular weight is 274 g/mol. The third kappa shape index (κ3) is 5.13. The fraction of sp³-hybridized carbons (Fsp3) is 0.579. The third-order valence-electron chi connectivity index (χ3n) is 4.25. The molecule has 0 aliphatic heterocycles. The maximum absolute atomic E-state index is 9.83. The van der Waals surface area contributed by atoms with E-state index < -0.39 is 0 Å². The van der Waals surface area contributed by atoms with Gasteiger partial charge in [-0.25, -0.2) is 0 Å². The largest absolute Gasteiger partial charge is 0.395 e. The Labute approximate surface area is 124 Å². The minimum Gasteiger partial charge on any atom is -0.395 e. The van der Waals surface area contributed by atoms with E-state index in [2.05, 4.69) is 25.6 Å². The van der Waals surface area contributed by atoms with E-state index in [4.69, 9.17) is 0 Å². The first kappa shape index (κ1) is 17.0. The predicted octanol–water partition coefficient (Wildman–Crippen LogP) is 5.24. The molecule has 1 unspecified atom stereocenters. The summed E-state index contributed by atoms with van der Waals surface area (Å²) in [5.41, 5.74) is 0.925. The number of rotatable bonds is 11. The molecular formula is C19H30O. The van der Waals surface area contributed by atoms with Gasteiger partial charge in [0.15, 0.2) is 0 Å². The van der Waals surface area contributed by atoms with Crippen LogP contribution < -0.4 is 0 Å². The van der Waals surface area contributed by atoms with Crippen molar-refractivity contribution in [3.8, 4) is 0 Å². The van der Waals surface area contributed by atoms with Gasteiger partial charge >= 0.3 is 0 Å². The highest BCUT2D eigenvalue weighted by atomic mass is 16.3. The topological polar surface area (TPSA) is 20.2 Å². The fourth-order valence-corrected chi connectivity index (χ4v) is 2.77. The molecule has 1 rings (SSSR count). The Bertz CT molecular complexity index is 357. The summed E-state index contributed by atoms with van der Waals surface area (Å²) in [7, 11) is 0. The molecule has 0 heterocycles. The second-order valence-corrected chi connectivity index (χ2v) is 5.76. The highest BCUT2D eigenvalue weighted by Crippen LogP contribution is 2.31. The zero-order chi connectivity index (χ0) is 14.7. The molecule has 0 saturated carbocycles. The Hall–Kier alpha value is -1.08. The molecule has 1 nitrogen and oxygen atoms in total. The first-order chi connectivity index (χ1) is 9.79. The van der Waals surface area contributed by atoms with Crippen LogP contribution in [0.2, 0.25) is 0 Å². The molecular weight excluding hydrogens is 244 g/mol. The molecule has 0 radical (unpaired) electrons. The van der Waals surface area contributed by atoms with E-state index in [9.17, 15) is 5.11 Å². The molecule has 0 fully saturated rings. The van der Waals surface area contributed by atoms with Crippen LogP contribution in [0.5, 0.6) is 0 Å². The van der Waals surface area contributed by atoms with E-state index in [0.717, 1.165) is 12.8 Å². The summed E-state index contributed by atoms with van der Waals surface area (Å²) in [5, 5.41) is 9.83. The van der Waals surface area contributed by atoms with Crippen molar-refractivity contribution in [2.24, 2.45) is 0 Å². The molecule has 1 aromatic rings. The molecule has 0 aromatic heterocycles. The monoisotopic (exact) mass is 274 g/mol. The van der Waals surface area contributed by atoms with Crippen molar-refractivity contribution >= 4 is 0 Å². The lowest BCUT2D eigenvalue weighted by molar-refractivity contribution is 0.213. The first-order valence-corrected chi connectivity index (χ1v) is 8.09. The van der Waals surface area contributed by atoms with Gasteiger partial charge in [0.05, 0.1) is 6.61 Å². The quantitative estimate of drug-likeness (QED) is 0.432. The molecule has 1 aromatic carbocycles. The fourth-order valence-electron chi connectivity index (χ4n) is 2.77. The van der Waals surface area contributed by atoms with Crippen LogP contribution >= 0.6 is 0 Å². The van der Waals surface area contributed by atoms with Gasteiger partial charge < -0.3 is 5.11 Å². The minimum absolute atomic E-state index is 0.149.